The van der Waals surface area contributed by atoms with Gasteiger partial charge in [0.2, 0.25) is 17.7 Å². The van der Waals surface area contributed by atoms with Crippen LogP contribution in [0.25, 0.3) is 0 Å². The number of aromatic nitrogens is 1. The molecule has 2 aliphatic rings. The highest BCUT2D eigenvalue weighted by Crippen LogP contribution is 2.54. The number of fused-ring (bicyclic) bond motifs is 2. The van der Waals surface area contributed by atoms with Gasteiger partial charge in [-0.3, -0.25) is 23.7 Å². The minimum atomic E-state index is -4.70. The van der Waals surface area contributed by atoms with Crippen LogP contribution in [-0.2, 0) is 27.1 Å². The molecule has 1 fully saturated rings. The molecule has 43 heavy (non-hydrogen) atoms. The zero-order valence-corrected chi connectivity index (χ0v) is 25.6. The van der Waals surface area contributed by atoms with Crippen LogP contribution < -0.4 is 15.1 Å². The van der Waals surface area contributed by atoms with Crippen LogP contribution >= 0.6 is 50.6 Å². The van der Waals surface area contributed by atoms with Crippen molar-refractivity contribution >= 4 is 79.7 Å². The third-order valence-electron chi connectivity index (χ3n) is 7.17. The number of hydrogen-bond donors (Lipinski definition) is 1. The number of benzene rings is 3. The van der Waals surface area contributed by atoms with Crippen molar-refractivity contribution in [3.05, 3.63) is 108 Å². The Labute approximate surface area is 263 Å². The Kier molecular flexibility index (Phi) is 7.78. The summed E-state index contributed by atoms with van der Waals surface area (Å²) in [6.07, 6.45) is -4.70. The van der Waals surface area contributed by atoms with Gasteiger partial charge in [0.1, 0.15) is 11.8 Å². The minimum Gasteiger partial charge on any atom is -0.324 e. The third-order valence-corrected chi connectivity index (χ3v) is 10.6. The monoisotopic (exact) mass is 707 g/mol. The molecule has 2 aliphatic heterocycles. The number of thiazole rings is 1. The van der Waals surface area contributed by atoms with Crippen LogP contribution in [-0.4, -0.2) is 27.5 Å². The van der Waals surface area contributed by atoms with Crippen molar-refractivity contribution in [3.63, 3.8) is 0 Å². The van der Waals surface area contributed by atoms with E-state index >= 15 is 0 Å². The Balaban J connectivity index is 1.39. The van der Waals surface area contributed by atoms with E-state index in [1.54, 1.807) is 48.5 Å². The predicted octanol–water partition coefficient (Wildman–Crippen LogP) is 6.78. The van der Waals surface area contributed by atoms with E-state index < -0.39 is 63.7 Å². The molecule has 0 bridgehead atoms. The van der Waals surface area contributed by atoms with E-state index in [0.29, 0.717) is 26.2 Å². The minimum absolute atomic E-state index is 0.322. The van der Waals surface area contributed by atoms with Crippen LogP contribution in [0, 0.1) is 5.92 Å². The van der Waals surface area contributed by atoms with Gasteiger partial charge in [-0.15, -0.1) is 0 Å². The molecule has 0 radical (unpaired) electrons. The SMILES string of the molecule is O=C(Cn1c2c(sc1=O)C(c1ccc(Br)cc1)C1C(=O)N(c3ccc(Cl)cc3)C(=O)C1S2)Nc1ccccc1C(F)(F)F. The lowest BCUT2D eigenvalue weighted by Gasteiger charge is -2.30. The van der Waals surface area contributed by atoms with Gasteiger partial charge in [-0.05, 0) is 54.1 Å². The second kappa shape index (κ2) is 11.3. The fraction of sp³-hybridized carbons (Fsp3) is 0.172. The fourth-order valence-electron chi connectivity index (χ4n) is 5.30. The molecule has 3 aromatic carbocycles. The average Bonchev–Trinajstić information content (AvgIpc) is 3.40. The zero-order chi connectivity index (χ0) is 30.6. The number of anilines is 2. The van der Waals surface area contributed by atoms with Gasteiger partial charge in [0.05, 0.1) is 27.9 Å². The Hall–Kier alpha value is -3.39. The van der Waals surface area contributed by atoms with Crippen LogP contribution in [0.5, 0.6) is 0 Å². The average molecular weight is 709 g/mol. The van der Waals surface area contributed by atoms with Crippen molar-refractivity contribution in [2.45, 2.75) is 28.9 Å². The zero-order valence-electron chi connectivity index (χ0n) is 21.6. The molecule has 4 aromatic rings. The molecule has 3 amide bonds. The standard InChI is InChI=1S/C29H18BrClF3N3O4S2/c30-15-7-5-14(6-8-15)21-22-23(26(40)37(25(22)39)17-11-9-16(31)10-12-17)42-27-24(21)43-28(41)36(27)13-20(38)35-19-4-2-1-3-18(19)29(32,33)34/h1-12,21-23H,13H2,(H,35,38). The van der Waals surface area contributed by atoms with Gasteiger partial charge in [0.15, 0.2) is 0 Å². The van der Waals surface area contributed by atoms with Crippen molar-refractivity contribution in [1.82, 2.24) is 4.57 Å². The Morgan fingerprint density at radius 3 is 2.30 bits per heavy atom. The number of hydrogen-bond acceptors (Lipinski definition) is 6. The lowest BCUT2D eigenvalue weighted by atomic mass is 9.83. The van der Waals surface area contributed by atoms with Crippen molar-refractivity contribution < 1.29 is 27.6 Å². The van der Waals surface area contributed by atoms with Gasteiger partial charge in [-0.25, -0.2) is 4.90 Å². The van der Waals surface area contributed by atoms with E-state index in [1.165, 1.54) is 12.1 Å². The van der Waals surface area contributed by atoms with Gasteiger partial charge in [-0.1, -0.05) is 74.9 Å². The van der Waals surface area contributed by atoms with Gasteiger partial charge in [0.25, 0.3) is 0 Å². The van der Waals surface area contributed by atoms with Gasteiger partial charge in [-0.2, -0.15) is 13.2 Å². The summed E-state index contributed by atoms with van der Waals surface area (Å²) in [5, 5.41) is 2.10. The van der Waals surface area contributed by atoms with Crippen molar-refractivity contribution in [3.8, 4) is 0 Å². The van der Waals surface area contributed by atoms with E-state index in [0.717, 1.165) is 49.2 Å². The molecule has 1 saturated heterocycles. The number of halogens is 5. The number of rotatable bonds is 5. The van der Waals surface area contributed by atoms with E-state index in [9.17, 15) is 32.3 Å². The topological polar surface area (TPSA) is 88.5 Å². The van der Waals surface area contributed by atoms with Crippen LogP contribution in [0.15, 0.2) is 87.1 Å². The predicted molar refractivity (Wildman–Crippen MR) is 162 cm³/mol. The molecule has 0 saturated carbocycles. The molecule has 1 N–H and O–H groups in total. The van der Waals surface area contributed by atoms with Crippen molar-refractivity contribution in [2.75, 3.05) is 10.2 Å². The van der Waals surface area contributed by atoms with Crippen molar-refractivity contribution in [2.24, 2.45) is 5.92 Å². The Morgan fingerprint density at radius 1 is 0.953 bits per heavy atom. The number of alkyl halides is 3. The molecule has 3 unspecified atom stereocenters. The number of amides is 3. The summed E-state index contributed by atoms with van der Waals surface area (Å²) in [6, 6.07) is 18.0. The van der Waals surface area contributed by atoms with Gasteiger partial charge >= 0.3 is 11.0 Å². The van der Waals surface area contributed by atoms with E-state index in [2.05, 4.69) is 21.2 Å². The molecule has 6 rings (SSSR count). The molecule has 220 valence electrons. The Morgan fingerprint density at radius 2 is 1.63 bits per heavy atom. The maximum absolute atomic E-state index is 13.9. The first-order valence-electron chi connectivity index (χ1n) is 12.7. The smallest absolute Gasteiger partial charge is 0.324 e. The number of thioether (sulfide) groups is 1. The first kappa shape index (κ1) is 29.7. The quantitative estimate of drug-likeness (QED) is 0.231. The lowest BCUT2D eigenvalue weighted by Crippen LogP contribution is -2.33. The Bertz CT molecular complexity index is 1830. The summed E-state index contributed by atoms with van der Waals surface area (Å²) in [7, 11) is 0. The molecule has 0 spiro atoms. The largest absolute Gasteiger partial charge is 0.418 e. The second-order valence-electron chi connectivity index (χ2n) is 9.80. The lowest BCUT2D eigenvalue weighted by molar-refractivity contribution is -0.137. The van der Waals surface area contributed by atoms with E-state index in [4.69, 9.17) is 11.6 Å². The first-order valence-corrected chi connectivity index (χ1v) is 15.6. The third kappa shape index (κ3) is 5.43. The molecule has 0 aliphatic carbocycles. The van der Waals surface area contributed by atoms with Crippen LogP contribution in [0.2, 0.25) is 5.02 Å². The number of nitrogens with zero attached hydrogens (tertiary/aromatic N) is 2. The van der Waals surface area contributed by atoms with Crippen LogP contribution in [0.4, 0.5) is 24.5 Å². The fourth-order valence-corrected chi connectivity index (χ4v) is 8.47. The summed E-state index contributed by atoms with van der Waals surface area (Å²) in [4.78, 5) is 55.0. The second-order valence-corrected chi connectivity index (χ2v) is 13.3. The molecule has 1 aromatic heterocycles. The molecule has 7 nitrogen and oxygen atoms in total. The van der Waals surface area contributed by atoms with Gasteiger partial charge < -0.3 is 5.32 Å². The number of nitrogens with one attached hydrogen (secondary N) is 1. The maximum atomic E-state index is 13.9. The first-order chi connectivity index (χ1) is 20.4. The number of imide groups is 1. The van der Waals surface area contributed by atoms with Crippen LogP contribution in [0.3, 0.4) is 0 Å². The summed E-state index contributed by atoms with van der Waals surface area (Å²) in [6.45, 7) is -0.586. The van der Waals surface area contributed by atoms with Gasteiger partial charge in [0, 0.05) is 20.3 Å². The molecule has 3 heterocycles. The molecule has 3 atom stereocenters. The number of carbonyl (C=O) groups is 3. The molecular formula is C29H18BrClF3N3O4S2. The van der Waals surface area contributed by atoms with Crippen LogP contribution in [0.1, 0.15) is 21.9 Å². The normalized spacial score (nSPS) is 19.7. The maximum Gasteiger partial charge on any atom is 0.418 e. The summed E-state index contributed by atoms with van der Waals surface area (Å²) in [5.74, 6) is -3.29. The number of carbonyl (C=O) groups excluding carboxylic acids is 3. The summed E-state index contributed by atoms with van der Waals surface area (Å²) < 4.78 is 42.4. The molecular weight excluding hydrogens is 691 g/mol. The highest BCUT2D eigenvalue weighted by Gasteiger charge is 2.56. The summed E-state index contributed by atoms with van der Waals surface area (Å²) >= 11 is 11.3. The highest BCUT2D eigenvalue weighted by molar-refractivity contribution is 9.10. The van der Waals surface area contributed by atoms with E-state index in [-0.39, 0.29) is 0 Å². The van der Waals surface area contributed by atoms with E-state index in [1.807, 2.05) is 0 Å². The molecule has 14 heteroatoms. The van der Waals surface area contributed by atoms with Crippen molar-refractivity contribution in [1.29, 1.82) is 0 Å². The highest BCUT2D eigenvalue weighted by atomic mass is 79.9. The summed E-state index contributed by atoms with van der Waals surface area (Å²) in [5.41, 5.74) is -0.413. The number of para-hydroxylation sites is 1.